The third-order valence-corrected chi connectivity index (χ3v) is 5.22. The van der Waals surface area contributed by atoms with E-state index in [1.165, 1.54) is 6.42 Å². The van der Waals surface area contributed by atoms with E-state index in [9.17, 15) is 14.7 Å². The maximum absolute atomic E-state index is 11.8. The third kappa shape index (κ3) is 8.35. The van der Waals surface area contributed by atoms with Crippen molar-refractivity contribution >= 4 is 11.9 Å². The van der Waals surface area contributed by atoms with Crippen LogP contribution >= 0.6 is 0 Å². The Morgan fingerprint density at radius 3 is 2.08 bits per heavy atom. The van der Waals surface area contributed by atoms with Gasteiger partial charge in [-0.15, -0.1) is 0 Å². The number of ether oxygens (including phenoxy) is 2. The fraction of sp³-hybridized carbons (Fsp3) is 0.810. The van der Waals surface area contributed by atoms with Crippen molar-refractivity contribution in [1.82, 2.24) is 0 Å². The van der Waals surface area contributed by atoms with Gasteiger partial charge in [0.15, 0.2) is 0 Å². The van der Waals surface area contributed by atoms with Crippen LogP contribution in [0.2, 0.25) is 0 Å². The van der Waals surface area contributed by atoms with E-state index in [1.807, 2.05) is 27.7 Å². The summed E-state index contributed by atoms with van der Waals surface area (Å²) < 4.78 is 10.3. The van der Waals surface area contributed by atoms with E-state index in [-0.39, 0.29) is 30.1 Å². The number of carbonyl (C=O) groups is 2. The van der Waals surface area contributed by atoms with Crippen molar-refractivity contribution < 1.29 is 24.2 Å². The second kappa shape index (κ2) is 12.1. The Hall–Kier alpha value is -1.36. The first-order valence-electron chi connectivity index (χ1n) is 9.76. The van der Waals surface area contributed by atoms with Crippen LogP contribution in [0.3, 0.4) is 0 Å². The SMILES string of the molecule is C=CCOC(=O)C(C)(C)CC.CCC(C)(CO)C(=O)OC1CCCCC1. The van der Waals surface area contributed by atoms with Gasteiger partial charge in [0.05, 0.1) is 17.4 Å². The zero-order valence-corrected chi connectivity index (χ0v) is 17.3. The average molecular weight is 371 g/mol. The minimum atomic E-state index is -0.711. The molecule has 0 aromatic carbocycles. The lowest BCUT2D eigenvalue weighted by atomic mass is 9.88. The van der Waals surface area contributed by atoms with Crippen LogP contribution in [0.4, 0.5) is 0 Å². The van der Waals surface area contributed by atoms with Crippen molar-refractivity contribution in [2.75, 3.05) is 13.2 Å². The molecule has 1 N–H and O–H groups in total. The Kier molecular flexibility index (Phi) is 11.5. The van der Waals surface area contributed by atoms with E-state index in [4.69, 9.17) is 9.47 Å². The van der Waals surface area contributed by atoms with Gasteiger partial charge in [-0.2, -0.15) is 0 Å². The zero-order chi connectivity index (χ0) is 20.2. The molecule has 0 aliphatic heterocycles. The van der Waals surface area contributed by atoms with Gasteiger partial charge in [-0.25, -0.2) is 0 Å². The van der Waals surface area contributed by atoms with Gasteiger partial charge in [-0.05, 0) is 59.3 Å². The van der Waals surface area contributed by atoms with Crippen LogP contribution in [-0.4, -0.2) is 36.4 Å². The summed E-state index contributed by atoms with van der Waals surface area (Å²) in [5.74, 6) is -0.390. The number of carbonyl (C=O) groups excluding carboxylic acids is 2. The molecule has 0 spiro atoms. The van der Waals surface area contributed by atoms with Crippen LogP contribution in [-0.2, 0) is 19.1 Å². The molecular formula is C21H38O5. The maximum atomic E-state index is 11.8. The summed E-state index contributed by atoms with van der Waals surface area (Å²) in [6, 6.07) is 0. The van der Waals surface area contributed by atoms with Crippen LogP contribution in [0.15, 0.2) is 12.7 Å². The molecule has 0 aromatic rings. The van der Waals surface area contributed by atoms with Crippen molar-refractivity contribution in [3.8, 4) is 0 Å². The number of esters is 2. The maximum Gasteiger partial charge on any atom is 0.314 e. The van der Waals surface area contributed by atoms with Gasteiger partial charge in [0, 0.05) is 0 Å². The Morgan fingerprint density at radius 2 is 1.65 bits per heavy atom. The van der Waals surface area contributed by atoms with Crippen LogP contribution in [0.1, 0.15) is 79.6 Å². The summed E-state index contributed by atoms with van der Waals surface area (Å²) in [5, 5.41) is 9.18. The first kappa shape index (κ1) is 24.6. The second-order valence-corrected chi connectivity index (χ2v) is 7.86. The molecule has 26 heavy (non-hydrogen) atoms. The summed E-state index contributed by atoms with van der Waals surface area (Å²) in [5.41, 5.74) is -1.07. The summed E-state index contributed by atoms with van der Waals surface area (Å²) >= 11 is 0. The third-order valence-electron chi connectivity index (χ3n) is 5.22. The Bertz CT molecular complexity index is 432. The molecular weight excluding hydrogens is 332 g/mol. The van der Waals surface area contributed by atoms with Gasteiger partial charge in [-0.1, -0.05) is 32.9 Å². The molecule has 5 nitrogen and oxygen atoms in total. The smallest absolute Gasteiger partial charge is 0.314 e. The summed E-state index contributed by atoms with van der Waals surface area (Å²) in [6.45, 7) is 13.0. The number of hydrogen-bond donors (Lipinski definition) is 1. The number of aliphatic hydroxyl groups is 1. The second-order valence-electron chi connectivity index (χ2n) is 7.86. The first-order chi connectivity index (χ1) is 12.2. The number of rotatable bonds is 8. The standard InChI is InChI=1S/C12H22O3.C9H16O2/c1-3-12(2,9-13)11(14)15-10-7-5-4-6-8-10;1-5-7-11-8(10)9(3,4)6-2/h10,13H,3-9H2,1-2H3;5H,1,6-7H2,2-4H3. The molecule has 1 aliphatic carbocycles. The fourth-order valence-electron chi connectivity index (χ4n) is 2.27. The monoisotopic (exact) mass is 370 g/mol. The summed E-state index contributed by atoms with van der Waals surface area (Å²) in [6.07, 6.45) is 8.60. The van der Waals surface area contributed by atoms with Crippen LogP contribution < -0.4 is 0 Å². The van der Waals surface area contributed by atoms with Crippen molar-refractivity contribution in [3.05, 3.63) is 12.7 Å². The van der Waals surface area contributed by atoms with Crippen molar-refractivity contribution in [2.24, 2.45) is 10.8 Å². The van der Waals surface area contributed by atoms with Gasteiger partial charge < -0.3 is 14.6 Å². The Labute approximate surface area is 159 Å². The number of hydrogen-bond acceptors (Lipinski definition) is 5. The van der Waals surface area contributed by atoms with E-state index in [0.29, 0.717) is 13.0 Å². The van der Waals surface area contributed by atoms with E-state index in [2.05, 4.69) is 6.58 Å². The molecule has 0 saturated heterocycles. The molecule has 0 heterocycles. The van der Waals surface area contributed by atoms with Gasteiger partial charge >= 0.3 is 11.9 Å². The molecule has 0 amide bonds. The molecule has 0 bridgehead atoms. The minimum Gasteiger partial charge on any atom is -0.462 e. The molecule has 1 unspecified atom stereocenters. The van der Waals surface area contributed by atoms with E-state index < -0.39 is 5.41 Å². The van der Waals surface area contributed by atoms with Crippen LogP contribution in [0.5, 0.6) is 0 Å². The molecule has 0 radical (unpaired) electrons. The van der Waals surface area contributed by atoms with Crippen molar-refractivity contribution in [1.29, 1.82) is 0 Å². The largest absolute Gasteiger partial charge is 0.462 e. The predicted octanol–water partition coefficient (Wildman–Crippen LogP) is 4.42. The predicted molar refractivity (Wildman–Crippen MR) is 104 cm³/mol. The Morgan fingerprint density at radius 1 is 1.08 bits per heavy atom. The fourth-order valence-corrected chi connectivity index (χ4v) is 2.27. The minimum absolute atomic E-state index is 0.0867. The molecule has 5 heteroatoms. The molecule has 1 rings (SSSR count). The van der Waals surface area contributed by atoms with Crippen LogP contribution in [0, 0.1) is 10.8 Å². The van der Waals surface area contributed by atoms with Crippen molar-refractivity contribution in [2.45, 2.75) is 85.7 Å². The zero-order valence-electron chi connectivity index (χ0n) is 17.3. The van der Waals surface area contributed by atoms with Gasteiger partial charge in [0.1, 0.15) is 12.7 Å². The highest BCUT2D eigenvalue weighted by molar-refractivity contribution is 5.76. The molecule has 1 aliphatic rings. The summed E-state index contributed by atoms with van der Waals surface area (Å²) in [7, 11) is 0. The molecule has 152 valence electrons. The Balaban J connectivity index is 0.000000508. The molecule has 1 saturated carbocycles. The quantitative estimate of drug-likeness (QED) is 0.506. The van der Waals surface area contributed by atoms with Gasteiger partial charge in [0.2, 0.25) is 0 Å². The lowest BCUT2D eigenvalue weighted by molar-refractivity contribution is -0.164. The first-order valence-corrected chi connectivity index (χ1v) is 9.76. The lowest BCUT2D eigenvalue weighted by Gasteiger charge is -2.28. The van der Waals surface area contributed by atoms with Crippen molar-refractivity contribution in [3.63, 3.8) is 0 Å². The summed E-state index contributed by atoms with van der Waals surface area (Å²) in [4.78, 5) is 23.0. The normalized spacial score (nSPS) is 17.3. The average Bonchev–Trinajstić information content (AvgIpc) is 2.66. The van der Waals surface area contributed by atoms with E-state index in [0.717, 1.165) is 32.1 Å². The van der Waals surface area contributed by atoms with E-state index >= 15 is 0 Å². The lowest BCUT2D eigenvalue weighted by Crippen LogP contribution is -2.36. The highest BCUT2D eigenvalue weighted by atomic mass is 16.5. The molecule has 1 fully saturated rings. The van der Waals surface area contributed by atoms with E-state index in [1.54, 1.807) is 13.0 Å². The molecule has 1 atom stereocenters. The molecule has 0 aromatic heterocycles. The van der Waals surface area contributed by atoms with Gasteiger partial charge in [0.25, 0.3) is 0 Å². The van der Waals surface area contributed by atoms with Crippen LogP contribution in [0.25, 0.3) is 0 Å². The number of aliphatic hydroxyl groups excluding tert-OH is 1. The van der Waals surface area contributed by atoms with Gasteiger partial charge in [-0.3, -0.25) is 9.59 Å². The highest BCUT2D eigenvalue weighted by Crippen LogP contribution is 2.27. The topological polar surface area (TPSA) is 72.8 Å². The highest BCUT2D eigenvalue weighted by Gasteiger charge is 2.34.